The predicted octanol–water partition coefficient (Wildman–Crippen LogP) is 4.15. The molecule has 1 aromatic heterocycles. The molecule has 0 saturated heterocycles. The van der Waals surface area contributed by atoms with Gasteiger partial charge in [0.25, 0.3) is 0 Å². The van der Waals surface area contributed by atoms with Crippen LogP contribution in [0.3, 0.4) is 0 Å². The Morgan fingerprint density at radius 1 is 1.25 bits per heavy atom. The van der Waals surface area contributed by atoms with E-state index in [9.17, 15) is 0 Å². The van der Waals surface area contributed by atoms with Crippen LogP contribution in [0, 0.1) is 0 Å². The van der Waals surface area contributed by atoms with Gasteiger partial charge in [-0.25, -0.2) is 0 Å². The topological polar surface area (TPSA) is 48.4 Å². The lowest BCUT2D eigenvalue weighted by atomic mass is 9.85. The predicted molar refractivity (Wildman–Crippen MR) is 83.4 cm³/mol. The first-order valence-electron chi connectivity index (χ1n) is 7.25. The molecule has 20 heavy (non-hydrogen) atoms. The number of aryl methyl sites for hydroxylation is 1. The quantitative estimate of drug-likeness (QED) is 0.911. The van der Waals surface area contributed by atoms with Crippen LogP contribution in [0.1, 0.15) is 51.0 Å². The Morgan fingerprint density at radius 3 is 2.45 bits per heavy atom. The zero-order chi connectivity index (χ0) is 14.9. The molecule has 0 atom stereocenters. The van der Waals surface area contributed by atoms with Gasteiger partial charge >= 0.3 is 0 Å². The van der Waals surface area contributed by atoms with E-state index in [1.54, 1.807) is 7.11 Å². The minimum atomic E-state index is -0.00000342. The van der Waals surface area contributed by atoms with Gasteiger partial charge in [0.05, 0.1) is 13.7 Å². The number of furan rings is 1. The van der Waals surface area contributed by atoms with Gasteiger partial charge in [0.1, 0.15) is 17.1 Å². The first kappa shape index (κ1) is 14.9. The van der Waals surface area contributed by atoms with Gasteiger partial charge in [0, 0.05) is 16.5 Å². The van der Waals surface area contributed by atoms with Crippen LogP contribution in [0.5, 0.6) is 5.75 Å². The summed E-state index contributed by atoms with van der Waals surface area (Å²) in [6.07, 6.45) is 2.06. The molecule has 0 fully saturated rings. The lowest BCUT2D eigenvalue weighted by molar-refractivity contribution is 0.413. The summed E-state index contributed by atoms with van der Waals surface area (Å²) < 4.78 is 11.5. The highest BCUT2D eigenvalue weighted by molar-refractivity contribution is 5.87. The van der Waals surface area contributed by atoms with Gasteiger partial charge in [0.2, 0.25) is 0 Å². The van der Waals surface area contributed by atoms with E-state index in [1.165, 1.54) is 11.1 Å². The van der Waals surface area contributed by atoms with E-state index in [4.69, 9.17) is 14.9 Å². The second-order valence-electron chi connectivity index (χ2n) is 6.26. The van der Waals surface area contributed by atoms with Gasteiger partial charge in [-0.2, -0.15) is 0 Å². The van der Waals surface area contributed by atoms with Gasteiger partial charge in [0.15, 0.2) is 0 Å². The van der Waals surface area contributed by atoms with Crippen molar-refractivity contribution in [2.75, 3.05) is 7.11 Å². The van der Waals surface area contributed by atoms with Crippen molar-refractivity contribution in [1.29, 1.82) is 0 Å². The lowest BCUT2D eigenvalue weighted by Gasteiger charge is -2.20. The average molecular weight is 275 g/mol. The maximum Gasteiger partial charge on any atom is 0.138 e. The maximum absolute atomic E-state index is 6.08. The van der Waals surface area contributed by atoms with Gasteiger partial charge in [-0.15, -0.1) is 0 Å². The van der Waals surface area contributed by atoms with E-state index >= 15 is 0 Å². The summed E-state index contributed by atoms with van der Waals surface area (Å²) in [5.41, 5.74) is 9.21. The van der Waals surface area contributed by atoms with Gasteiger partial charge in [-0.1, -0.05) is 34.1 Å². The van der Waals surface area contributed by atoms with E-state index in [0.29, 0.717) is 6.54 Å². The van der Waals surface area contributed by atoms with Crippen molar-refractivity contribution in [3.05, 3.63) is 29.0 Å². The zero-order valence-corrected chi connectivity index (χ0v) is 13.2. The van der Waals surface area contributed by atoms with Crippen LogP contribution >= 0.6 is 0 Å². The number of hydrogen-bond acceptors (Lipinski definition) is 3. The second-order valence-corrected chi connectivity index (χ2v) is 6.26. The van der Waals surface area contributed by atoms with E-state index in [0.717, 1.165) is 35.3 Å². The molecule has 1 aromatic carbocycles. The van der Waals surface area contributed by atoms with Gasteiger partial charge in [-0.3, -0.25) is 0 Å². The Balaban J connectivity index is 2.80. The van der Waals surface area contributed by atoms with E-state index in [2.05, 4.69) is 39.8 Å². The average Bonchev–Trinajstić information content (AvgIpc) is 2.75. The van der Waals surface area contributed by atoms with Crippen LogP contribution in [0.25, 0.3) is 11.0 Å². The molecular weight excluding hydrogens is 250 g/mol. The van der Waals surface area contributed by atoms with Gasteiger partial charge < -0.3 is 14.9 Å². The molecule has 0 radical (unpaired) electrons. The summed E-state index contributed by atoms with van der Waals surface area (Å²) >= 11 is 0. The van der Waals surface area contributed by atoms with Crippen LogP contribution in [-0.2, 0) is 18.4 Å². The van der Waals surface area contributed by atoms with Gasteiger partial charge in [-0.05, 0) is 24.0 Å². The molecule has 2 N–H and O–H groups in total. The molecule has 0 aliphatic heterocycles. The third kappa shape index (κ3) is 2.55. The molecule has 0 saturated carbocycles. The van der Waals surface area contributed by atoms with Crippen LogP contribution in [0.2, 0.25) is 0 Å². The van der Waals surface area contributed by atoms with Crippen molar-refractivity contribution < 1.29 is 9.15 Å². The summed E-state index contributed by atoms with van der Waals surface area (Å²) in [6.45, 7) is 9.17. The van der Waals surface area contributed by atoms with E-state index in [1.807, 2.05) is 0 Å². The van der Waals surface area contributed by atoms with Crippen LogP contribution in [0.15, 0.2) is 16.5 Å². The fourth-order valence-corrected chi connectivity index (χ4v) is 2.64. The summed E-state index contributed by atoms with van der Waals surface area (Å²) in [6, 6.07) is 4.14. The smallest absolute Gasteiger partial charge is 0.138 e. The Bertz CT molecular complexity index is 605. The highest BCUT2D eigenvalue weighted by Gasteiger charge is 2.23. The summed E-state index contributed by atoms with van der Waals surface area (Å²) in [7, 11) is 1.71. The number of benzene rings is 1. The first-order chi connectivity index (χ1) is 9.42. The molecular formula is C17H25NO2. The third-order valence-electron chi connectivity index (χ3n) is 3.68. The van der Waals surface area contributed by atoms with Crippen molar-refractivity contribution in [3.8, 4) is 5.75 Å². The molecule has 2 aromatic rings. The van der Waals surface area contributed by atoms with E-state index < -0.39 is 0 Å². The fourth-order valence-electron chi connectivity index (χ4n) is 2.64. The number of nitrogens with two attached hydrogens (primary N) is 1. The number of ether oxygens (including phenoxy) is 1. The van der Waals surface area contributed by atoms with E-state index in [-0.39, 0.29) is 5.41 Å². The second kappa shape index (κ2) is 5.49. The van der Waals surface area contributed by atoms with Crippen molar-refractivity contribution in [2.24, 2.45) is 5.73 Å². The number of methoxy groups -OCH3 is 1. The zero-order valence-electron chi connectivity index (χ0n) is 13.2. The Morgan fingerprint density at radius 2 is 1.95 bits per heavy atom. The molecule has 0 bridgehead atoms. The normalized spacial score (nSPS) is 12.1. The SMILES string of the molecule is CCCc1c(CN)oc2c(C(C)(C)C)cc(OC)cc12. The molecule has 0 aliphatic rings. The minimum Gasteiger partial charge on any atom is -0.497 e. The molecule has 0 spiro atoms. The Kier molecular flexibility index (Phi) is 4.09. The van der Waals surface area contributed by atoms with Crippen LogP contribution < -0.4 is 10.5 Å². The molecule has 3 heteroatoms. The molecule has 2 rings (SSSR count). The molecule has 3 nitrogen and oxygen atoms in total. The van der Waals surface area contributed by atoms with Crippen LogP contribution in [0.4, 0.5) is 0 Å². The molecule has 0 aliphatic carbocycles. The largest absolute Gasteiger partial charge is 0.497 e. The molecule has 1 heterocycles. The third-order valence-corrected chi connectivity index (χ3v) is 3.68. The van der Waals surface area contributed by atoms with Crippen molar-refractivity contribution in [1.82, 2.24) is 0 Å². The molecule has 110 valence electrons. The number of fused-ring (bicyclic) bond motifs is 1. The highest BCUT2D eigenvalue weighted by atomic mass is 16.5. The first-order valence-corrected chi connectivity index (χ1v) is 7.25. The van der Waals surface area contributed by atoms with Crippen molar-refractivity contribution >= 4 is 11.0 Å². The Labute approximate surface area is 121 Å². The number of hydrogen-bond donors (Lipinski definition) is 1. The number of rotatable bonds is 4. The monoisotopic (exact) mass is 275 g/mol. The fraction of sp³-hybridized carbons (Fsp3) is 0.529. The highest BCUT2D eigenvalue weighted by Crippen LogP contribution is 2.38. The lowest BCUT2D eigenvalue weighted by Crippen LogP contribution is -2.11. The standard InChI is InChI=1S/C17H25NO2/c1-6-7-12-13-8-11(19-5)9-14(17(2,3)4)16(13)20-15(12)10-18/h8-9H,6-7,10,18H2,1-5H3. The van der Waals surface area contributed by atoms with Crippen molar-refractivity contribution in [3.63, 3.8) is 0 Å². The molecule has 0 amide bonds. The maximum atomic E-state index is 6.08. The summed E-state index contributed by atoms with van der Waals surface area (Å²) in [5, 5.41) is 1.15. The Hall–Kier alpha value is -1.48. The van der Waals surface area contributed by atoms with Crippen molar-refractivity contribution in [2.45, 2.75) is 52.5 Å². The van der Waals surface area contributed by atoms with Crippen LogP contribution in [-0.4, -0.2) is 7.11 Å². The minimum absolute atomic E-state index is 0.00000342. The summed E-state index contributed by atoms with van der Waals surface area (Å²) in [5.74, 6) is 1.78. The molecule has 0 unspecified atom stereocenters. The summed E-state index contributed by atoms with van der Waals surface area (Å²) in [4.78, 5) is 0.